The summed E-state index contributed by atoms with van der Waals surface area (Å²) < 4.78 is 28.5. The number of aromatic nitrogens is 3. The molecule has 0 bridgehead atoms. The molecule has 0 fully saturated rings. The lowest BCUT2D eigenvalue weighted by molar-refractivity contribution is 0.589. The van der Waals surface area contributed by atoms with E-state index in [2.05, 4.69) is 9.97 Å². The molecule has 2 N–H and O–H groups in total. The molecular formula is C14H12F2N4. The number of benzene rings is 1. The summed E-state index contributed by atoms with van der Waals surface area (Å²) >= 11 is 0. The van der Waals surface area contributed by atoms with E-state index in [9.17, 15) is 8.78 Å². The highest BCUT2D eigenvalue weighted by atomic mass is 19.1. The molecule has 4 nitrogen and oxygen atoms in total. The van der Waals surface area contributed by atoms with Gasteiger partial charge in [-0.3, -0.25) is 4.98 Å². The Kier molecular flexibility index (Phi) is 3.06. The van der Waals surface area contributed by atoms with E-state index in [0.29, 0.717) is 18.5 Å². The zero-order chi connectivity index (χ0) is 14.1. The molecule has 0 unspecified atom stereocenters. The lowest BCUT2D eigenvalue weighted by Gasteiger charge is -2.06. The van der Waals surface area contributed by atoms with Gasteiger partial charge in [-0.25, -0.2) is 13.8 Å². The van der Waals surface area contributed by atoms with Crippen molar-refractivity contribution in [2.45, 2.75) is 13.0 Å². The number of nitrogens with two attached hydrogens (primary N) is 1. The maximum absolute atomic E-state index is 13.6. The summed E-state index contributed by atoms with van der Waals surface area (Å²) in [6.07, 6.45) is 2.30. The summed E-state index contributed by atoms with van der Waals surface area (Å²) in [4.78, 5) is 8.15. The maximum atomic E-state index is 13.6. The van der Waals surface area contributed by atoms with Gasteiger partial charge in [0.15, 0.2) is 5.82 Å². The monoisotopic (exact) mass is 274 g/mol. The van der Waals surface area contributed by atoms with Crippen molar-refractivity contribution in [1.29, 1.82) is 0 Å². The van der Waals surface area contributed by atoms with Crippen LogP contribution in [0, 0.1) is 11.6 Å². The van der Waals surface area contributed by atoms with Crippen molar-refractivity contribution in [1.82, 2.24) is 14.5 Å². The number of aryl methyl sites for hydroxylation is 2. The highest BCUT2D eigenvalue weighted by Crippen LogP contribution is 2.22. The van der Waals surface area contributed by atoms with Crippen LogP contribution in [0.25, 0.3) is 11.0 Å². The van der Waals surface area contributed by atoms with Crippen LogP contribution in [-0.2, 0) is 13.0 Å². The zero-order valence-electron chi connectivity index (χ0n) is 10.6. The highest BCUT2D eigenvalue weighted by molar-refractivity contribution is 5.79. The summed E-state index contributed by atoms with van der Waals surface area (Å²) in [6, 6.07) is 7.64. The van der Waals surface area contributed by atoms with Crippen LogP contribution >= 0.6 is 0 Å². The summed E-state index contributed by atoms with van der Waals surface area (Å²) in [5.74, 6) is -1.18. The Balaban J connectivity index is 1.97. The third kappa shape index (κ3) is 2.20. The van der Waals surface area contributed by atoms with Gasteiger partial charge >= 0.3 is 0 Å². The SMILES string of the molecule is Nc1nc2c(F)cc(F)cc2n1CCc1ccccn1. The van der Waals surface area contributed by atoms with E-state index in [1.165, 1.54) is 6.07 Å². The van der Waals surface area contributed by atoms with Crippen molar-refractivity contribution in [3.63, 3.8) is 0 Å². The molecule has 0 radical (unpaired) electrons. The van der Waals surface area contributed by atoms with E-state index in [1.54, 1.807) is 10.8 Å². The van der Waals surface area contributed by atoms with Crippen molar-refractivity contribution in [3.8, 4) is 0 Å². The van der Waals surface area contributed by atoms with E-state index < -0.39 is 11.6 Å². The van der Waals surface area contributed by atoms with Crippen LogP contribution in [0.3, 0.4) is 0 Å². The van der Waals surface area contributed by atoms with Gasteiger partial charge in [-0.2, -0.15) is 0 Å². The molecule has 2 aromatic heterocycles. The minimum atomic E-state index is -0.705. The van der Waals surface area contributed by atoms with Crippen LogP contribution in [0.5, 0.6) is 0 Å². The number of nitrogens with zero attached hydrogens (tertiary/aromatic N) is 3. The largest absolute Gasteiger partial charge is 0.369 e. The van der Waals surface area contributed by atoms with Gasteiger partial charge in [0.05, 0.1) is 5.52 Å². The van der Waals surface area contributed by atoms with Crippen LogP contribution in [0.4, 0.5) is 14.7 Å². The number of fused-ring (bicyclic) bond motifs is 1. The van der Waals surface area contributed by atoms with Crippen LogP contribution in [0.2, 0.25) is 0 Å². The Morgan fingerprint density at radius 3 is 2.80 bits per heavy atom. The van der Waals surface area contributed by atoms with Gasteiger partial charge in [0, 0.05) is 37.0 Å². The third-order valence-electron chi connectivity index (χ3n) is 3.12. The van der Waals surface area contributed by atoms with Gasteiger partial charge in [0.1, 0.15) is 11.3 Å². The van der Waals surface area contributed by atoms with E-state index in [4.69, 9.17) is 5.73 Å². The number of hydrogen-bond donors (Lipinski definition) is 1. The molecule has 3 rings (SSSR count). The fourth-order valence-electron chi connectivity index (χ4n) is 2.17. The van der Waals surface area contributed by atoms with Crippen molar-refractivity contribution in [2.75, 3.05) is 5.73 Å². The second kappa shape index (κ2) is 4.88. The molecule has 0 atom stereocenters. The molecule has 0 saturated heterocycles. The normalized spacial score (nSPS) is 11.1. The molecule has 6 heteroatoms. The highest BCUT2D eigenvalue weighted by Gasteiger charge is 2.13. The van der Waals surface area contributed by atoms with Gasteiger partial charge in [-0.1, -0.05) is 6.07 Å². The fourth-order valence-corrected chi connectivity index (χ4v) is 2.17. The van der Waals surface area contributed by atoms with Crippen LogP contribution in [0.1, 0.15) is 5.69 Å². The number of anilines is 1. The maximum Gasteiger partial charge on any atom is 0.201 e. The Morgan fingerprint density at radius 2 is 2.05 bits per heavy atom. The van der Waals surface area contributed by atoms with Gasteiger partial charge in [-0.05, 0) is 12.1 Å². The summed E-state index contributed by atoms with van der Waals surface area (Å²) in [7, 11) is 0. The van der Waals surface area contributed by atoms with Crippen LogP contribution in [0.15, 0.2) is 36.5 Å². The van der Waals surface area contributed by atoms with E-state index in [1.807, 2.05) is 18.2 Å². The molecule has 102 valence electrons. The average molecular weight is 274 g/mol. The van der Waals surface area contributed by atoms with Crippen molar-refractivity contribution in [2.24, 2.45) is 0 Å². The van der Waals surface area contributed by atoms with Gasteiger partial charge in [-0.15, -0.1) is 0 Å². The van der Waals surface area contributed by atoms with Crippen LogP contribution in [-0.4, -0.2) is 14.5 Å². The molecule has 2 heterocycles. The zero-order valence-corrected chi connectivity index (χ0v) is 10.6. The third-order valence-corrected chi connectivity index (χ3v) is 3.12. The number of hydrogen-bond acceptors (Lipinski definition) is 3. The average Bonchev–Trinajstić information content (AvgIpc) is 2.74. The number of halogens is 2. The molecule has 0 saturated carbocycles. The lowest BCUT2D eigenvalue weighted by Crippen LogP contribution is -2.06. The Labute approximate surface area is 113 Å². The fraction of sp³-hybridized carbons (Fsp3) is 0.143. The predicted molar refractivity (Wildman–Crippen MR) is 72.0 cm³/mol. The lowest BCUT2D eigenvalue weighted by atomic mass is 10.2. The molecule has 1 aromatic carbocycles. The number of imidazole rings is 1. The molecule has 0 aliphatic carbocycles. The van der Waals surface area contributed by atoms with E-state index in [0.717, 1.165) is 11.8 Å². The van der Waals surface area contributed by atoms with Gasteiger partial charge in [0.2, 0.25) is 5.95 Å². The smallest absolute Gasteiger partial charge is 0.201 e. The molecule has 0 aliphatic rings. The quantitative estimate of drug-likeness (QED) is 0.798. The Hall–Kier alpha value is -2.50. The van der Waals surface area contributed by atoms with Gasteiger partial charge < -0.3 is 10.3 Å². The number of nitrogen functional groups attached to an aromatic ring is 1. The van der Waals surface area contributed by atoms with Crippen molar-refractivity contribution >= 4 is 17.0 Å². The van der Waals surface area contributed by atoms with E-state index >= 15 is 0 Å². The van der Waals surface area contributed by atoms with Crippen molar-refractivity contribution in [3.05, 3.63) is 53.9 Å². The first kappa shape index (κ1) is 12.5. The first-order valence-electron chi connectivity index (χ1n) is 6.16. The standard InChI is InChI=1S/C14H12F2N4/c15-9-7-11(16)13-12(8-9)20(14(17)19-13)6-4-10-3-1-2-5-18-10/h1-3,5,7-8H,4,6H2,(H2,17,19). The molecular weight excluding hydrogens is 262 g/mol. The molecule has 3 aromatic rings. The minimum Gasteiger partial charge on any atom is -0.369 e. The Morgan fingerprint density at radius 1 is 1.20 bits per heavy atom. The number of pyridine rings is 1. The summed E-state index contributed by atoms with van der Waals surface area (Å²) in [6.45, 7) is 0.461. The van der Waals surface area contributed by atoms with Crippen LogP contribution < -0.4 is 5.73 Å². The van der Waals surface area contributed by atoms with Gasteiger partial charge in [0.25, 0.3) is 0 Å². The molecule has 0 aliphatic heterocycles. The van der Waals surface area contributed by atoms with E-state index in [-0.39, 0.29) is 11.5 Å². The Bertz CT molecular complexity index is 753. The first-order valence-corrected chi connectivity index (χ1v) is 6.16. The predicted octanol–water partition coefficient (Wildman–Crippen LogP) is 2.53. The summed E-state index contributed by atoms with van der Waals surface area (Å²) in [5, 5.41) is 0. The second-order valence-corrected chi connectivity index (χ2v) is 4.45. The number of rotatable bonds is 3. The summed E-state index contributed by atoms with van der Waals surface area (Å²) in [5.41, 5.74) is 7.10. The minimum absolute atomic E-state index is 0.0879. The molecule has 0 amide bonds. The second-order valence-electron chi connectivity index (χ2n) is 4.45. The molecule has 0 spiro atoms. The van der Waals surface area contributed by atoms with Crippen molar-refractivity contribution < 1.29 is 8.78 Å². The topological polar surface area (TPSA) is 56.7 Å². The first-order chi connectivity index (χ1) is 9.65. The molecule has 20 heavy (non-hydrogen) atoms.